The number of nitrogens with zero attached hydrogens (tertiary/aromatic N) is 1. The van der Waals surface area contributed by atoms with Crippen molar-refractivity contribution in [2.45, 2.75) is 26.2 Å². The predicted octanol–water partition coefficient (Wildman–Crippen LogP) is 1.29. The first kappa shape index (κ1) is 13.4. The van der Waals surface area contributed by atoms with E-state index in [4.69, 9.17) is 15.6 Å². The topological polar surface area (TPSA) is 85.4 Å². The zero-order valence-electron chi connectivity index (χ0n) is 9.98. The molecular formula is C12H18N2O3. The lowest BCUT2D eigenvalue weighted by atomic mass is 10.2. The summed E-state index contributed by atoms with van der Waals surface area (Å²) in [5, 5.41) is 8.59. The lowest BCUT2D eigenvalue weighted by Gasteiger charge is -2.07. The van der Waals surface area contributed by atoms with Gasteiger partial charge in [0.15, 0.2) is 0 Å². The lowest BCUT2D eigenvalue weighted by molar-refractivity contribution is 0.0495. The number of nitrogen functional groups attached to an aromatic ring is 1. The van der Waals surface area contributed by atoms with Gasteiger partial charge in [0.05, 0.1) is 29.7 Å². The minimum Gasteiger partial charge on any atom is -0.462 e. The van der Waals surface area contributed by atoms with Crippen LogP contribution in [-0.4, -0.2) is 29.3 Å². The van der Waals surface area contributed by atoms with Crippen LogP contribution in [0.4, 0.5) is 5.69 Å². The Hall–Kier alpha value is -1.62. The molecule has 0 saturated heterocycles. The van der Waals surface area contributed by atoms with E-state index in [9.17, 15) is 4.79 Å². The molecule has 0 aromatic carbocycles. The van der Waals surface area contributed by atoms with Gasteiger partial charge in [-0.2, -0.15) is 0 Å². The third-order valence-corrected chi connectivity index (χ3v) is 2.36. The molecule has 0 radical (unpaired) electrons. The molecular weight excluding hydrogens is 220 g/mol. The second-order valence-corrected chi connectivity index (χ2v) is 3.82. The van der Waals surface area contributed by atoms with Gasteiger partial charge in [-0.1, -0.05) is 0 Å². The van der Waals surface area contributed by atoms with Crippen molar-refractivity contribution in [1.82, 2.24) is 4.98 Å². The lowest BCUT2D eigenvalue weighted by Crippen LogP contribution is -2.10. The number of aromatic nitrogens is 1. The average molecular weight is 238 g/mol. The number of hydrogen-bond acceptors (Lipinski definition) is 5. The van der Waals surface area contributed by atoms with Crippen LogP contribution >= 0.6 is 0 Å². The van der Waals surface area contributed by atoms with Gasteiger partial charge in [0.25, 0.3) is 0 Å². The van der Waals surface area contributed by atoms with Crippen LogP contribution in [0.3, 0.4) is 0 Å². The van der Waals surface area contributed by atoms with E-state index >= 15 is 0 Å². The number of nitrogens with two attached hydrogens (primary N) is 1. The number of rotatable bonds is 6. The number of aryl methyl sites for hydroxylation is 1. The number of esters is 1. The zero-order chi connectivity index (χ0) is 12.7. The Balaban J connectivity index is 2.44. The molecule has 0 fully saturated rings. The first-order valence-corrected chi connectivity index (χ1v) is 5.65. The minimum atomic E-state index is -0.397. The molecule has 0 aliphatic carbocycles. The molecule has 0 spiro atoms. The minimum absolute atomic E-state index is 0.173. The van der Waals surface area contributed by atoms with E-state index in [0.717, 1.165) is 19.3 Å². The molecule has 0 atom stereocenters. The fourth-order valence-corrected chi connectivity index (χ4v) is 1.39. The second-order valence-electron chi connectivity index (χ2n) is 3.82. The highest BCUT2D eigenvalue weighted by Gasteiger charge is 2.11. The first-order valence-electron chi connectivity index (χ1n) is 5.65. The molecule has 17 heavy (non-hydrogen) atoms. The molecule has 5 nitrogen and oxygen atoms in total. The Morgan fingerprint density at radius 2 is 2.24 bits per heavy atom. The summed E-state index contributed by atoms with van der Waals surface area (Å²) >= 11 is 0. The maximum Gasteiger partial charge on any atom is 0.340 e. The highest BCUT2D eigenvalue weighted by Crippen LogP contribution is 2.11. The summed E-state index contributed by atoms with van der Waals surface area (Å²) in [6.45, 7) is 2.26. The van der Waals surface area contributed by atoms with Crippen molar-refractivity contribution in [2.75, 3.05) is 18.9 Å². The number of aliphatic hydroxyl groups is 1. The number of ether oxygens (including phenoxy) is 1. The molecule has 0 amide bonds. The van der Waals surface area contributed by atoms with Crippen molar-refractivity contribution in [3.05, 3.63) is 23.5 Å². The van der Waals surface area contributed by atoms with E-state index in [-0.39, 0.29) is 6.61 Å². The van der Waals surface area contributed by atoms with Gasteiger partial charge in [-0.25, -0.2) is 4.79 Å². The monoisotopic (exact) mass is 238 g/mol. The molecule has 1 rings (SSSR count). The molecule has 0 unspecified atom stereocenters. The van der Waals surface area contributed by atoms with Gasteiger partial charge < -0.3 is 15.6 Å². The summed E-state index contributed by atoms with van der Waals surface area (Å²) < 4.78 is 5.09. The summed E-state index contributed by atoms with van der Waals surface area (Å²) in [7, 11) is 0. The SMILES string of the molecule is Cc1ncc(N)cc1C(=O)OCCCCCO. The highest BCUT2D eigenvalue weighted by atomic mass is 16.5. The van der Waals surface area contributed by atoms with Gasteiger partial charge in [-0.3, -0.25) is 4.98 Å². The van der Waals surface area contributed by atoms with Crippen LogP contribution in [0.1, 0.15) is 35.3 Å². The van der Waals surface area contributed by atoms with Gasteiger partial charge in [-0.05, 0) is 32.3 Å². The highest BCUT2D eigenvalue weighted by molar-refractivity contribution is 5.91. The Bertz CT molecular complexity index is 380. The number of carbonyl (C=O) groups is 1. The van der Waals surface area contributed by atoms with Crippen LogP contribution in [0.15, 0.2) is 12.3 Å². The molecule has 0 bridgehead atoms. The largest absolute Gasteiger partial charge is 0.462 e. The smallest absolute Gasteiger partial charge is 0.340 e. The molecule has 0 aliphatic rings. The number of unbranched alkanes of at least 4 members (excludes halogenated alkanes) is 2. The maximum atomic E-state index is 11.7. The normalized spacial score (nSPS) is 10.2. The van der Waals surface area contributed by atoms with Gasteiger partial charge in [0.1, 0.15) is 0 Å². The van der Waals surface area contributed by atoms with Crippen molar-refractivity contribution in [1.29, 1.82) is 0 Å². The van der Waals surface area contributed by atoms with E-state index in [1.807, 2.05) is 0 Å². The van der Waals surface area contributed by atoms with E-state index in [1.165, 1.54) is 6.20 Å². The van der Waals surface area contributed by atoms with Crippen LogP contribution < -0.4 is 5.73 Å². The Morgan fingerprint density at radius 1 is 1.47 bits per heavy atom. The quantitative estimate of drug-likeness (QED) is 0.576. The summed E-state index contributed by atoms with van der Waals surface area (Å²) in [4.78, 5) is 15.7. The zero-order valence-corrected chi connectivity index (χ0v) is 9.98. The van der Waals surface area contributed by atoms with Gasteiger partial charge in [0, 0.05) is 6.61 Å². The van der Waals surface area contributed by atoms with Crippen LogP contribution in [0.5, 0.6) is 0 Å². The Morgan fingerprint density at radius 3 is 2.94 bits per heavy atom. The van der Waals surface area contributed by atoms with E-state index < -0.39 is 5.97 Å². The third-order valence-electron chi connectivity index (χ3n) is 2.36. The van der Waals surface area contributed by atoms with Crippen LogP contribution in [0.2, 0.25) is 0 Å². The fraction of sp³-hybridized carbons (Fsp3) is 0.500. The molecule has 94 valence electrons. The second kappa shape index (κ2) is 6.85. The van der Waals surface area contributed by atoms with Crippen molar-refractivity contribution < 1.29 is 14.6 Å². The van der Waals surface area contributed by atoms with E-state index in [0.29, 0.717) is 23.6 Å². The molecule has 3 N–H and O–H groups in total. The van der Waals surface area contributed by atoms with Crippen LogP contribution in [-0.2, 0) is 4.74 Å². The predicted molar refractivity (Wildman–Crippen MR) is 64.6 cm³/mol. The third kappa shape index (κ3) is 4.40. The number of aliphatic hydroxyl groups excluding tert-OH is 1. The van der Waals surface area contributed by atoms with Crippen molar-refractivity contribution in [3.8, 4) is 0 Å². The Kier molecular flexibility index (Phi) is 5.42. The van der Waals surface area contributed by atoms with Gasteiger partial charge >= 0.3 is 5.97 Å². The number of anilines is 1. The fourth-order valence-electron chi connectivity index (χ4n) is 1.39. The maximum absolute atomic E-state index is 11.7. The average Bonchev–Trinajstić information content (AvgIpc) is 2.32. The van der Waals surface area contributed by atoms with Gasteiger partial charge in [-0.15, -0.1) is 0 Å². The number of hydrogen-bond donors (Lipinski definition) is 2. The summed E-state index contributed by atoms with van der Waals surface area (Å²) in [5.41, 5.74) is 7.03. The molecule has 5 heteroatoms. The van der Waals surface area contributed by atoms with Crippen LogP contribution in [0.25, 0.3) is 0 Å². The van der Waals surface area contributed by atoms with Crippen molar-refractivity contribution in [3.63, 3.8) is 0 Å². The summed E-state index contributed by atoms with van der Waals surface area (Å²) in [6, 6.07) is 1.57. The van der Waals surface area contributed by atoms with E-state index in [1.54, 1.807) is 13.0 Å². The van der Waals surface area contributed by atoms with Crippen molar-refractivity contribution >= 4 is 11.7 Å². The number of carbonyl (C=O) groups excluding carboxylic acids is 1. The van der Waals surface area contributed by atoms with E-state index in [2.05, 4.69) is 4.98 Å². The summed E-state index contributed by atoms with van der Waals surface area (Å²) in [5.74, 6) is -0.397. The molecule has 1 aromatic rings. The molecule has 0 aliphatic heterocycles. The summed E-state index contributed by atoms with van der Waals surface area (Å²) in [6.07, 6.45) is 3.84. The number of pyridine rings is 1. The molecule has 1 heterocycles. The van der Waals surface area contributed by atoms with Gasteiger partial charge in [0.2, 0.25) is 0 Å². The standard InChI is InChI=1S/C12H18N2O3/c1-9-11(7-10(13)8-14-9)12(16)17-6-4-2-3-5-15/h7-8,15H,2-6,13H2,1H3. The molecule has 0 saturated carbocycles. The molecule has 1 aromatic heterocycles. The Labute approximate surface area is 101 Å². The first-order chi connectivity index (χ1) is 8.15. The van der Waals surface area contributed by atoms with Crippen molar-refractivity contribution in [2.24, 2.45) is 0 Å². The van der Waals surface area contributed by atoms with Crippen LogP contribution in [0, 0.1) is 6.92 Å².